The maximum atomic E-state index is 12.3. The minimum absolute atomic E-state index is 0.149. The molecule has 4 aromatic rings. The Bertz CT molecular complexity index is 2850. The van der Waals surface area contributed by atoms with Gasteiger partial charge in [0.2, 0.25) is 17.0 Å². The average Bonchev–Trinajstić information content (AvgIpc) is 0.619. The summed E-state index contributed by atoms with van der Waals surface area (Å²) in [6, 6.07) is 34.6. The molecule has 8 aliphatic heterocycles. The highest BCUT2D eigenvalue weighted by atomic mass is 31.2. The molecule has 4 aromatic carbocycles. The second-order valence-corrected chi connectivity index (χ2v) is 31.5. The molecule has 468 valence electrons. The van der Waals surface area contributed by atoms with E-state index in [1.54, 1.807) is 13.8 Å². The molecule has 0 aliphatic carbocycles. The lowest BCUT2D eigenvalue weighted by atomic mass is 9.53. The number of hydrogen-bond donors (Lipinski definition) is 2. The molecule has 8 heterocycles. The average molecular weight is 1210 g/mol. The lowest BCUT2D eigenvalue weighted by Gasteiger charge is -2.82. The second-order valence-electron chi connectivity index (χ2n) is 29.5. The number of ether oxygens (including phenoxy) is 4. The summed E-state index contributed by atoms with van der Waals surface area (Å²) >= 11 is 0. The predicted molar refractivity (Wildman–Crippen MR) is 336 cm³/mol. The molecule has 0 saturated carbocycles. The summed E-state index contributed by atoms with van der Waals surface area (Å²) in [6.45, 7) is 34.2. The molecule has 2 N–H and O–H groups in total. The van der Waals surface area contributed by atoms with E-state index in [0.717, 1.165) is 119 Å². The highest BCUT2D eigenvalue weighted by molar-refractivity contribution is 7.43. The summed E-state index contributed by atoms with van der Waals surface area (Å²) < 4.78 is 75.5. The lowest BCUT2D eigenvalue weighted by Crippen LogP contribution is -2.95. The van der Waals surface area contributed by atoms with E-state index in [0.29, 0.717) is 22.3 Å². The molecule has 8 fully saturated rings. The Balaban J connectivity index is 1.35. The van der Waals surface area contributed by atoms with Gasteiger partial charge in [0.25, 0.3) is 0 Å². The fraction of sp³-hybridized carbons (Fsp3) is 0.662. The van der Waals surface area contributed by atoms with E-state index in [2.05, 4.69) is 180 Å². The standard InChI is InChI=1S/C71H102O12P2/c1-17-21-25-45-59(5,6)51-29-37-55(38-30-51)65(56-39-31-52(32-40-56)60(7,8)46-26-22-18-2)68-67(58-43-35-54(36-44-58)62(11,12)48-28-24-20-4,78-84-80-70(68,81-84)76-69(64(15,16)50-73)77-71(68)82-85(79-69)83-71)75-66(74-65,63(13,14)49-72)57-41-33-53(34-42-57)61(9,10)47-27-23-19-3/h29-44,72-73H,17-28,45-50H2,1-16H3. The summed E-state index contributed by atoms with van der Waals surface area (Å²) in [4.78, 5) is 0. The van der Waals surface area contributed by atoms with Crippen molar-refractivity contribution in [2.24, 2.45) is 16.2 Å². The molecule has 4 unspecified atom stereocenters. The topological polar surface area (TPSA) is 133 Å². The Hall–Kier alpha value is -2.74. The van der Waals surface area contributed by atoms with Crippen molar-refractivity contribution in [3.05, 3.63) is 142 Å². The third-order valence-electron chi connectivity index (χ3n) is 20.6. The Morgan fingerprint density at radius 1 is 0.353 bits per heavy atom. The van der Waals surface area contributed by atoms with Crippen molar-refractivity contribution in [2.45, 2.75) is 270 Å². The Morgan fingerprint density at radius 3 is 1.00 bits per heavy atom. The predicted octanol–water partition coefficient (Wildman–Crippen LogP) is 18.8. The molecule has 8 saturated heterocycles. The van der Waals surface area contributed by atoms with Crippen LogP contribution in [0.2, 0.25) is 0 Å². The molecule has 85 heavy (non-hydrogen) atoms. The third-order valence-corrected chi connectivity index (χ3v) is 23.0. The third kappa shape index (κ3) is 10.2. The normalized spacial score (nSPS) is 29.8. The minimum Gasteiger partial charge on any atom is -0.396 e. The van der Waals surface area contributed by atoms with Crippen molar-refractivity contribution in [1.82, 2.24) is 0 Å². The Morgan fingerprint density at radius 2 is 0.671 bits per heavy atom. The Labute approximate surface area is 512 Å². The lowest BCUT2D eigenvalue weighted by molar-refractivity contribution is -0.736. The van der Waals surface area contributed by atoms with Gasteiger partial charge in [-0.05, 0) is 94.6 Å². The van der Waals surface area contributed by atoms with E-state index in [1.807, 2.05) is 13.8 Å². The monoisotopic (exact) mass is 1210 g/mol. The van der Waals surface area contributed by atoms with Crippen molar-refractivity contribution in [3.63, 3.8) is 0 Å². The maximum Gasteiger partial charge on any atom is 0.346 e. The van der Waals surface area contributed by atoms with E-state index in [-0.39, 0.29) is 28.3 Å². The van der Waals surface area contributed by atoms with Crippen molar-refractivity contribution in [1.29, 1.82) is 0 Å². The van der Waals surface area contributed by atoms with Gasteiger partial charge in [0, 0.05) is 16.5 Å². The van der Waals surface area contributed by atoms with Gasteiger partial charge in [-0.1, -0.05) is 271 Å². The number of benzene rings is 4. The van der Waals surface area contributed by atoms with E-state index in [1.165, 1.54) is 5.56 Å². The number of rotatable bonds is 28. The van der Waals surface area contributed by atoms with Crippen LogP contribution in [0.1, 0.15) is 258 Å². The number of hydrogen-bond acceptors (Lipinski definition) is 12. The summed E-state index contributed by atoms with van der Waals surface area (Å²) in [7, 11) is -4.54. The molecule has 0 radical (unpaired) electrons. The number of aliphatic hydroxyl groups is 2. The molecule has 12 rings (SSSR count). The van der Waals surface area contributed by atoms with Gasteiger partial charge in [0.15, 0.2) is 0 Å². The highest BCUT2D eigenvalue weighted by Crippen LogP contribution is 2.93. The first-order chi connectivity index (χ1) is 40.1. The minimum atomic E-state index is -2.31. The van der Waals surface area contributed by atoms with Gasteiger partial charge in [0.05, 0.1) is 18.6 Å². The van der Waals surface area contributed by atoms with Crippen LogP contribution in [0.5, 0.6) is 0 Å². The van der Waals surface area contributed by atoms with Gasteiger partial charge in [-0.25, -0.2) is 0 Å². The fourth-order valence-electron chi connectivity index (χ4n) is 14.4. The molecule has 8 aliphatic rings. The van der Waals surface area contributed by atoms with Crippen LogP contribution in [0.4, 0.5) is 0 Å². The largest absolute Gasteiger partial charge is 0.396 e. The van der Waals surface area contributed by atoms with Crippen LogP contribution < -0.4 is 0 Å². The van der Waals surface area contributed by atoms with Gasteiger partial charge < -0.3 is 19.7 Å². The first-order valence-electron chi connectivity index (χ1n) is 32.3. The first-order valence-corrected chi connectivity index (χ1v) is 34.5. The molecule has 0 aromatic heterocycles. The molecular weight excluding hydrogens is 1110 g/mol. The number of aliphatic hydroxyl groups excluding tert-OH is 2. The Kier molecular flexibility index (Phi) is 18.0. The molecule has 0 amide bonds. The van der Waals surface area contributed by atoms with Crippen LogP contribution in [0.25, 0.3) is 0 Å². The van der Waals surface area contributed by atoms with Crippen LogP contribution in [0.3, 0.4) is 0 Å². The zero-order chi connectivity index (χ0) is 61.4. The fourth-order valence-corrected chi connectivity index (χ4v) is 17.1. The van der Waals surface area contributed by atoms with Gasteiger partial charge in [-0.3, -0.25) is 36.6 Å². The second kappa shape index (κ2) is 23.5. The molecule has 14 heteroatoms. The quantitative estimate of drug-likeness (QED) is 0.0414. The summed E-state index contributed by atoms with van der Waals surface area (Å²) in [5, 5.41) is 23.7. The molecule has 5 bridgehead atoms. The molecule has 4 atom stereocenters. The van der Waals surface area contributed by atoms with Crippen LogP contribution in [-0.2, 0) is 84.9 Å². The zero-order valence-corrected chi connectivity index (χ0v) is 56.1. The molecule has 12 nitrogen and oxygen atoms in total. The molecular formula is C71H102O12P2. The smallest absolute Gasteiger partial charge is 0.346 e. The van der Waals surface area contributed by atoms with Gasteiger partial charge in [0.1, 0.15) is 5.60 Å². The first kappa shape index (κ1) is 65.2. The van der Waals surface area contributed by atoms with Crippen LogP contribution in [0.15, 0.2) is 97.1 Å². The van der Waals surface area contributed by atoms with Crippen molar-refractivity contribution in [3.8, 4) is 0 Å². The van der Waals surface area contributed by atoms with E-state index in [4.69, 9.17) is 46.1 Å². The van der Waals surface area contributed by atoms with E-state index in [9.17, 15) is 10.2 Å². The summed E-state index contributed by atoms with van der Waals surface area (Å²) in [5.74, 6) is -10.7. The zero-order valence-electron chi connectivity index (χ0n) is 54.3. The molecule has 3 spiro atoms. The SMILES string of the molecule is CCCCCC(C)(C)c1ccc(C2(C(C)(C)CO)OC3(c4ccc(C(C)(C)CCCCC)cc4)OP4OC5(O4)OC4(C(C)(C)CO)OP6OC(O6)(O4)C53C(c3ccc(C(C)(C)CCCCC)cc3)(c3ccc(C(C)(C)CCCCC)cc3)O2)cc1. The van der Waals surface area contributed by atoms with E-state index >= 15 is 0 Å². The summed E-state index contributed by atoms with van der Waals surface area (Å²) in [6.07, 6.45) is 17.4. The van der Waals surface area contributed by atoms with Gasteiger partial charge in [-0.15, -0.1) is 0 Å². The van der Waals surface area contributed by atoms with Crippen molar-refractivity contribution >= 4 is 17.2 Å². The van der Waals surface area contributed by atoms with Crippen LogP contribution in [-0.4, -0.2) is 41.3 Å². The van der Waals surface area contributed by atoms with Crippen LogP contribution >= 0.6 is 17.2 Å². The van der Waals surface area contributed by atoms with Crippen LogP contribution in [0, 0.1) is 16.2 Å². The van der Waals surface area contributed by atoms with Crippen molar-refractivity contribution < 1.29 is 56.3 Å². The highest BCUT2D eigenvalue weighted by Gasteiger charge is 3.04. The maximum absolute atomic E-state index is 12.3. The van der Waals surface area contributed by atoms with Gasteiger partial charge in [-0.2, -0.15) is 0 Å². The number of unbranched alkanes of at least 4 members (excludes halogenated alkanes) is 8. The summed E-state index contributed by atoms with van der Waals surface area (Å²) in [5.41, 5.74) is -0.407. The van der Waals surface area contributed by atoms with Crippen molar-refractivity contribution in [2.75, 3.05) is 13.2 Å². The van der Waals surface area contributed by atoms with E-state index < -0.39 is 75.2 Å². The van der Waals surface area contributed by atoms with Gasteiger partial charge >= 0.3 is 35.1 Å².